The summed E-state index contributed by atoms with van der Waals surface area (Å²) in [6.07, 6.45) is 85.2. The molecule has 2 aromatic rings. The molecule has 0 unspecified atom stereocenters. The number of hydrogen-bond acceptors (Lipinski definition) is 0. The van der Waals surface area contributed by atoms with Crippen LogP contribution in [0.15, 0.2) is 72.3 Å². The molecule has 1 heterocycles. The van der Waals surface area contributed by atoms with Crippen LogP contribution in [0.2, 0.25) is 0 Å². The van der Waals surface area contributed by atoms with Gasteiger partial charge in [-0.25, -0.2) is 4.70 Å². The maximum Gasteiger partial charge on any atom is 2.00 e. The SMILES string of the molecule is CCCCCCCCCCCCCCCCCCCCC=CCCc1ccccc1C1=C(CCCC)C=C(c2ccc(CCCCCC)cc2)[N+]1=[N-].[CH2-]CCCCCCCCCCCCCCC.[CH2-]CCCCCCCCCCCCCCC.[Ni+2]. The van der Waals surface area contributed by atoms with Crippen molar-refractivity contribution in [1.29, 1.82) is 0 Å². The van der Waals surface area contributed by atoms with Gasteiger partial charge in [-0.1, -0.05) is 379 Å². The largest absolute Gasteiger partial charge is 2.00 e. The van der Waals surface area contributed by atoms with Gasteiger partial charge in [-0.05, 0) is 80.7 Å². The van der Waals surface area contributed by atoms with Crippen molar-refractivity contribution in [1.82, 2.24) is 0 Å². The van der Waals surface area contributed by atoms with E-state index in [0.717, 1.165) is 68.3 Å². The maximum atomic E-state index is 11.7. The van der Waals surface area contributed by atoms with Crippen molar-refractivity contribution in [3.63, 3.8) is 0 Å². The van der Waals surface area contributed by atoms with E-state index >= 15 is 0 Å². The van der Waals surface area contributed by atoms with Crippen LogP contribution in [-0.4, -0.2) is 4.70 Å². The first kappa shape index (κ1) is 82.8. The van der Waals surface area contributed by atoms with Crippen molar-refractivity contribution < 1.29 is 21.2 Å². The molecular weight excluding hydrogens is 1070 g/mol. The third kappa shape index (κ3) is 49.3. The monoisotopic (exact) mass is 1220 g/mol. The Morgan fingerprint density at radius 1 is 0.341 bits per heavy atom. The third-order valence-electron chi connectivity index (χ3n) is 17.9. The number of unbranched alkanes of at least 4 members (excludes halogenated alkanes) is 48. The molecule has 0 saturated heterocycles. The van der Waals surface area contributed by atoms with E-state index in [1.54, 1.807) is 0 Å². The van der Waals surface area contributed by atoms with E-state index in [-0.39, 0.29) is 16.5 Å². The van der Waals surface area contributed by atoms with Crippen molar-refractivity contribution in [3.05, 3.63) is 114 Å². The van der Waals surface area contributed by atoms with E-state index in [4.69, 9.17) is 0 Å². The summed E-state index contributed by atoms with van der Waals surface area (Å²) in [5.41, 5.74) is 19.8. The molecule has 0 aliphatic carbocycles. The molecule has 0 spiro atoms. The summed E-state index contributed by atoms with van der Waals surface area (Å²) in [7, 11) is 0. The number of nitrogens with zero attached hydrogens (tertiary/aromatic N) is 2. The van der Waals surface area contributed by atoms with Crippen molar-refractivity contribution in [2.45, 2.75) is 401 Å². The van der Waals surface area contributed by atoms with Crippen LogP contribution in [0.4, 0.5) is 0 Å². The van der Waals surface area contributed by atoms with Gasteiger partial charge in [0.15, 0.2) is 0 Å². The van der Waals surface area contributed by atoms with Gasteiger partial charge in [0, 0.05) is 22.8 Å². The summed E-state index contributed by atoms with van der Waals surface area (Å²) in [5, 5.41) is 0. The average molecular weight is 1220 g/mol. The molecule has 85 heavy (non-hydrogen) atoms. The minimum atomic E-state index is 0. The molecule has 0 bridgehead atoms. The normalized spacial score (nSPS) is 12.2. The smallest absolute Gasteiger partial charge is 0.493 e. The van der Waals surface area contributed by atoms with Crippen LogP contribution in [0, 0.1) is 13.8 Å². The Morgan fingerprint density at radius 2 is 0.671 bits per heavy atom. The molecule has 2 aromatic carbocycles. The molecule has 0 atom stereocenters. The molecule has 0 amide bonds. The zero-order chi connectivity index (χ0) is 60.7. The maximum absolute atomic E-state index is 11.7. The zero-order valence-corrected chi connectivity index (χ0v) is 58.8. The van der Waals surface area contributed by atoms with Crippen LogP contribution in [0.1, 0.15) is 410 Å². The molecule has 0 N–H and O–H groups in total. The summed E-state index contributed by atoms with van der Waals surface area (Å²) in [6.45, 7) is 19.1. The van der Waals surface area contributed by atoms with Gasteiger partial charge >= 0.3 is 16.5 Å². The zero-order valence-electron chi connectivity index (χ0n) is 57.8. The van der Waals surface area contributed by atoms with Crippen molar-refractivity contribution in [3.8, 4) is 0 Å². The Bertz CT molecular complexity index is 1730. The van der Waals surface area contributed by atoms with Gasteiger partial charge in [-0.15, -0.1) is 0 Å². The third-order valence-corrected chi connectivity index (χ3v) is 17.9. The first-order valence-corrected chi connectivity index (χ1v) is 37.9. The molecule has 0 aromatic heterocycles. The topological polar surface area (TPSA) is 25.3 Å². The van der Waals surface area contributed by atoms with E-state index in [2.05, 4.69) is 115 Å². The van der Waals surface area contributed by atoms with Crippen LogP contribution < -0.4 is 0 Å². The number of aryl methyl sites for hydroxylation is 2. The van der Waals surface area contributed by atoms with Crippen molar-refractivity contribution in [2.24, 2.45) is 0 Å². The molecule has 2 nitrogen and oxygen atoms in total. The molecule has 492 valence electrons. The van der Waals surface area contributed by atoms with E-state index < -0.39 is 0 Å². The van der Waals surface area contributed by atoms with E-state index in [9.17, 15) is 5.53 Å². The summed E-state index contributed by atoms with van der Waals surface area (Å²) in [4.78, 5) is 0. The molecule has 1 aliphatic rings. The summed E-state index contributed by atoms with van der Waals surface area (Å²) < 4.78 is 1.48. The first-order valence-electron chi connectivity index (χ1n) is 37.9. The minimum absolute atomic E-state index is 0. The average Bonchev–Trinajstić information content (AvgIpc) is 2.91. The Kier molecular flexibility index (Phi) is 64.4. The van der Waals surface area contributed by atoms with Gasteiger partial charge in [-0.3, -0.25) is 0 Å². The molecule has 3 heteroatoms. The molecule has 0 saturated carbocycles. The fourth-order valence-electron chi connectivity index (χ4n) is 12.2. The fraction of sp³-hybridized carbons (Fsp3) is 0.756. The molecule has 0 radical (unpaired) electrons. The quantitative estimate of drug-likeness (QED) is 0.0207. The predicted octanol–water partition coefficient (Wildman–Crippen LogP) is 29.3. The van der Waals surface area contributed by atoms with E-state index in [1.807, 2.05) is 0 Å². The second-order valence-corrected chi connectivity index (χ2v) is 26.0. The molecular formula is C82H144N2Ni. The Labute approximate surface area is 543 Å². The van der Waals surface area contributed by atoms with Crippen LogP contribution in [0.5, 0.6) is 0 Å². The van der Waals surface area contributed by atoms with Gasteiger partial charge < -0.3 is 19.4 Å². The van der Waals surface area contributed by atoms with Gasteiger partial charge in [-0.2, -0.15) is 12.8 Å². The van der Waals surface area contributed by atoms with Crippen molar-refractivity contribution in [2.75, 3.05) is 0 Å². The van der Waals surface area contributed by atoms with Crippen LogP contribution >= 0.6 is 0 Å². The fourth-order valence-corrected chi connectivity index (χ4v) is 12.2. The summed E-state index contributed by atoms with van der Waals surface area (Å²) >= 11 is 0. The van der Waals surface area contributed by atoms with Crippen LogP contribution in [0.25, 0.3) is 16.9 Å². The second kappa shape index (κ2) is 66.2. The van der Waals surface area contributed by atoms with Gasteiger partial charge in [0.25, 0.3) is 0 Å². The molecule has 0 fully saturated rings. The van der Waals surface area contributed by atoms with Crippen LogP contribution in [-0.2, 0) is 29.3 Å². The van der Waals surface area contributed by atoms with E-state index in [0.29, 0.717) is 0 Å². The summed E-state index contributed by atoms with van der Waals surface area (Å²) in [6, 6.07) is 17.6. The Hall–Kier alpha value is -2.25. The number of rotatable bonds is 58. The molecule has 1 aliphatic heterocycles. The molecule has 3 rings (SSSR count). The Balaban J connectivity index is 0.00000174. The van der Waals surface area contributed by atoms with Crippen molar-refractivity contribution >= 4 is 11.4 Å². The number of allylic oxidation sites excluding steroid dienone is 4. The van der Waals surface area contributed by atoms with Gasteiger partial charge in [0.2, 0.25) is 11.4 Å². The standard InChI is InChI=1S/C50H78N2.2C16H33.Ni/c1-4-7-10-12-13-14-15-16-17-18-19-20-21-22-23-24-25-26-27-28-29-31-36-45-37-32-33-38-48(45)50-47(35-9-6-3)43-49(52(50)51)46-41-39-44(40-42-46)34-30-11-8-5-2;2*1-3-5-7-9-11-13-15-16-14-12-10-8-6-4-2;/h28-29,32-33,37-43H,4-27,30-31,34-36H2,1-3H3;2*1,3-16H2,2H3;/q;2*-1;+2. The first-order chi connectivity index (χ1) is 41.5. The van der Waals surface area contributed by atoms with E-state index in [1.165, 1.54) is 342 Å². The Morgan fingerprint density at radius 3 is 1.05 bits per heavy atom. The predicted molar refractivity (Wildman–Crippen MR) is 381 cm³/mol. The minimum Gasteiger partial charge on any atom is -0.493 e. The van der Waals surface area contributed by atoms with Crippen LogP contribution in [0.3, 0.4) is 0 Å². The van der Waals surface area contributed by atoms with Gasteiger partial charge in [0.05, 0.1) is 0 Å². The number of benzene rings is 2. The number of hydrogen-bond donors (Lipinski definition) is 0. The summed E-state index contributed by atoms with van der Waals surface area (Å²) in [5.74, 6) is 0. The van der Waals surface area contributed by atoms with Gasteiger partial charge in [0.1, 0.15) is 0 Å². The second-order valence-electron chi connectivity index (χ2n) is 26.0.